The molecule has 2 amide bonds. The van der Waals surface area contributed by atoms with E-state index in [2.05, 4.69) is 17.1 Å². The number of hydrogen-bond donors (Lipinski definition) is 2. The van der Waals surface area contributed by atoms with E-state index in [0.29, 0.717) is 6.54 Å². The van der Waals surface area contributed by atoms with E-state index in [1.54, 1.807) is 0 Å². The van der Waals surface area contributed by atoms with Gasteiger partial charge in [0.15, 0.2) is 0 Å². The van der Waals surface area contributed by atoms with Crippen LogP contribution < -0.4 is 11.1 Å². The van der Waals surface area contributed by atoms with E-state index < -0.39 is 0 Å². The monoisotopic (exact) mass is 262 g/mol. The van der Waals surface area contributed by atoms with Crippen LogP contribution in [-0.4, -0.2) is 48.6 Å². The Kier molecular flexibility index (Phi) is 4.76. The number of amides is 2. The lowest BCUT2D eigenvalue weighted by molar-refractivity contribution is 0.151. The number of piperazine rings is 1. The molecule has 0 saturated carbocycles. The van der Waals surface area contributed by atoms with Crippen LogP contribution in [0.5, 0.6) is 0 Å². The average molecular weight is 262 g/mol. The SMILES string of the molecule is CCN1CCN(C(=O)Nc2ccc(CN)cc2)CC1. The van der Waals surface area contributed by atoms with Gasteiger partial charge in [0.1, 0.15) is 0 Å². The van der Waals surface area contributed by atoms with Gasteiger partial charge in [-0.05, 0) is 24.2 Å². The molecule has 0 atom stereocenters. The average Bonchev–Trinajstić information content (AvgIpc) is 2.48. The number of carbonyl (C=O) groups is 1. The van der Waals surface area contributed by atoms with Gasteiger partial charge in [-0.3, -0.25) is 0 Å². The van der Waals surface area contributed by atoms with Gasteiger partial charge in [-0.1, -0.05) is 19.1 Å². The number of hydrogen-bond acceptors (Lipinski definition) is 3. The van der Waals surface area contributed by atoms with Gasteiger partial charge in [0, 0.05) is 38.4 Å². The maximum atomic E-state index is 12.1. The third kappa shape index (κ3) is 3.68. The number of nitrogens with one attached hydrogen (secondary N) is 1. The molecule has 0 unspecified atom stereocenters. The van der Waals surface area contributed by atoms with Gasteiger partial charge in [0.05, 0.1) is 0 Å². The van der Waals surface area contributed by atoms with Gasteiger partial charge in [-0.25, -0.2) is 4.79 Å². The third-order valence-electron chi connectivity index (χ3n) is 3.55. The molecule has 2 rings (SSSR count). The Morgan fingerprint density at radius 3 is 2.37 bits per heavy atom. The van der Waals surface area contributed by atoms with Crippen LogP contribution in [0.15, 0.2) is 24.3 Å². The highest BCUT2D eigenvalue weighted by atomic mass is 16.2. The Labute approximate surface area is 114 Å². The lowest BCUT2D eigenvalue weighted by atomic mass is 10.2. The van der Waals surface area contributed by atoms with Gasteiger partial charge in [0.2, 0.25) is 0 Å². The zero-order valence-corrected chi connectivity index (χ0v) is 11.4. The molecule has 1 aromatic carbocycles. The summed E-state index contributed by atoms with van der Waals surface area (Å²) >= 11 is 0. The Bertz CT molecular complexity index is 410. The van der Waals surface area contributed by atoms with E-state index in [-0.39, 0.29) is 6.03 Å². The summed E-state index contributed by atoms with van der Waals surface area (Å²) in [4.78, 5) is 16.3. The van der Waals surface area contributed by atoms with Crippen molar-refractivity contribution in [1.29, 1.82) is 0 Å². The number of urea groups is 1. The molecular weight excluding hydrogens is 240 g/mol. The van der Waals surface area contributed by atoms with Crippen LogP contribution in [0.2, 0.25) is 0 Å². The minimum absolute atomic E-state index is 0.0174. The van der Waals surface area contributed by atoms with Gasteiger partial charge < -0.3 is 20.9 Å². The summed E-state index contributed by atoms with van der Waals surface area (Å²) in [5.41, 5.74) is 7.43. The molecule has 1 aliphatic heterocycles. The first-order valence-electron chi connectivity index (χ1n) is 6.80. The predicted octanol–water partition coefficient (Wildman–Crippen LogP) is 1.31. The zero-order valence-electron chi connectivity index (χ0n) is 11.4. The first-order valence-corrected chi connectivity index (χ1v) is 6.80. The van der Waals surface area contributed by atoms with Crippen molar-refractivity contribution in [2.45, 2.75) is 13.5 Å². The Balaban J connectivity index is 1.86. The summed E-state index contributed by atoms with van der Waals surface area (Å²) in [5.74, 6) is 0. The van der Waals surface area contributed by atoms with Crippen molar-refractivity contribution in [3.05, 3.63) is 29.8 Å². The van der Waals surface area contributed by atoms with Crippen LogP contribution in [-0.2, 0) is 6.54 Å². The Morgan fingerprint density at radius 2 is 1.84 bits per heavy atom. The summed E-state index contributed by atoms with van der Waals surface area (Å²) in [6, 6.07) is 7.64. The lowest BCUT2D eigenvalue weighted by Crippen LogP contribution is -2.49. The molecule has 1 saturated heterocycles. The molecule has 1 aromatic rings. The number of anilines is 1. The molecule has 5 heteroatoms. The highest BCUT2D eigenvalue weighted by molar-refractivity contribution is 5.89. The summed E-state index contributed by atoms with van der Waals surface area (Å²) in [6.07, 6.45) is 0. The number of nitrogens with zero attached hydrogens (tertiary/aromatic N) is 2. The number of likely N-dealkylation sites (N-methyl/N-ethyl adjacent to an activating group) is 1. The van der Waals surface area contributed by atoms with Crippen molar-refractivity contribution in [3.8, 4) is 0 Å². The molecule has 19 heavy (non-hydrogen) atoms. The van der Waals surface area contributed by atoms with E-state index in [9.17, 15) is 4.79 Å². The minimum atomic E-state index is -0.0174. The summed E-state index contributed by atoms with van der Waals surface area (Å²) in [6.45, 7) is 7.21. The first kappa shape index (κ1) is 13.8. The molecule has 1 heterocycles. The normalized spacial score (nSPS) is 16.4. The first-order chi connectivity index (χ1) is 9.22. The Hall–Kier alpha value is -1.59. The number of carbonyl (C=O) groups excluding carboxylic acids is 1. The number of nitrogens with two attached hydrogens (primary N) is 1. The van der Waals surface area contributed by atoms with E-state index in [1.165, 1.54) is 0 Å². The standard InChI is InChI=1S/C14H22N4O/c1-2-17-7-9-18(10-8-17)14(19)16-13-5-3-12(11-15)4-6-13/h3-6H,2,7-11,15H2,1H3,(H,16,19). The lowest BCUT2D eigenvalue weighted by Gasteiger charge is -2.33. The van der Waals surface area contributed by atoms with E-state index in [0.717, 1.165) is 44.0 Å². The molecule has 104 valence electrons. The second-order valence-corrected chi connectivity index (χ2v) is 4.75. The topological polar surface area (TPSA) is 61.6 Å². The van der Waals surface area contributed by atoms with Crippen LogP contribution in [0.3, 0.4) is 0 Å². The highest BCUT2D eigenvalue weighted by Crippen LogP contribution is 2.11. The predicted molar refractivity (Wildman–Crippen MR) is 77.0 cm³/mol. The fourth-order valence-corrected chi connectivity index (χ4v) is 2.19. The summed E-state index contributed by atoms with van der Waals surface area (Å²) < 4.78 is 0. The summed E-state index contributed by atoms with van der Waals surface area (Å²) in [7, 11) is 0. The second kappa shape index (κ2) is 6.54. The highest BCUT2D eigenvalue weighted by Gasteiger charge is 2.19. The molecule has 0 aromatic heterocycles. The maximum absolute atomic E-state index is 12.1. The molecule has 3 N–H and O–H groups in total. The molecule has 0 radical (unpaired) electrons. The van der Waals surface area contributed by atoms with Crippen LogP contribution in [0.1, 0.15) is 12.5 Å². The van der Waals surface area contributed by atoms with Gasteiger partial charge in [0.25, 0.3) is 0 Å². The minimum Gasteiger partial charge on any atom is -0.326 e. The van der Waals surface area contributed by atoms with E-state index in [1.807, 2.05) is 29.2 Å². The third-order valence-corrected chi connectivity index (χ3v) is 3.55. The van der Waals surface area contributed by atoms with Crippen molar-refractivity contribution >= 4 is 11.7 Å². The molecule has 0 aliphatic carbocycles. The van der Waals surface area contributed by atoms with Crippen LogP contribution in [0.25, 0.3) is 0 Å². The molecule has 1 aliphatic rings. The van der Waals surface area contributed by atoms with Crippen LogP contribution >= 0.6 is 0 Å². The molecule has 1 fully saturated rings. The van der Waals surface area contributed by atoms with Crippen LogP contribution in [0.4, 0.5) is 10.5 Å². The second-order valence-electron chi connectivity index (χ2n) is 4.75. The van der Waals surface area contributed by atoms with Crippen molar-refractivity contribution in [3.63, 3.8) is 0 Å². The van der Waals surface area contributed by atoms with Crippen molar-refractivity contribution in [2.75, 3.05) is 38.0 Å². The van der Waals surface area contributed by atoms with E-state index in [4.69, 9.17) is 5.73 Å². The Morgan fingerprint density at radius 1 is 1.21 bits per heavy atom. The number of rotatable bonds is 3. The molecule has 0 bridgehead atoms. The fourth-order valence-electron chi connectivity index (χ4n) is 2.19. The molecule has 0 spiro atoms. The largest absolute Gasteiger partial charge is 0.326 e. The molecule has 5 nitrogen and oxygen atoms in total. The smallest absolute Gasteiger partial charge is 0.321 e. The van der Waals surface area contributed by atoms with Crippen molar-refractivity contribution < 1.29 is 4.79 Å². The van der Waals surface area contributed by atoms with Gasteiger partial charge in [-0.15, -0.1) is 0 Å². The summed E-state index contributed by atoms with van der Waals surface area (Å²) in [5, 5.41) is 2.92. The number of benzene rings is 1. The van der Waals surface area contributed by atoms with Crippen molar-refractivity contribution in [1.82, 2.24) is 9.80 Å². The van der Waals surface area contributed by atoms with E-state index >= 15 is 0 Å². The maximum Gasteiger partial charge on any atom is 0.321 e. The van der Waals surface area contributed by atoms with Gasteiger partial charge in [-0.2, -0.15) is 0 Å². The quantitative estimate of drug-likeness (QED) is 0.863. The molecular formula is C14H22N4O. The van der Waals surface area contributed by atoms with Gasteiger partial charge >= 0.3 is 6.03 Å². The van der Waals surface area contributed by atoms with Crippen LogP contribution in [0, 0.1) is 0 Å². The van der Waals surface area contributed by atoms with Crippen molar-refractivity contribution in [2.24, 2.45) is 5.73 Å². The fraction of sp³-hybridized carbons (Fsp3) is 0.500. The zero-order chi connectivity index (χ0) is 13.7.